The van der Waals surface area contributed by atoms with Crippen LogP contribution >= 0.6 is 0 Å². The molecule has 0 amide bonds. The van der Waals surface area contributed by atoms with E-state index in [-0.39, 0.29) is 5.56 Å². The SMILES string of the molecule is Cn1nccc1CCNCc1cccc(C(F)F)c1. The third-order valence-electron chi connectivity index (χ3n) is 3.01. The van der Waals surface area contributed by atoms with Crippen LogP contribution in [0.1, 0.15) is 23.2 Å². The number of nitrogens with one attached hydrogen (secondary N) is 1. The van der Waals surface area contributed by atoms with E-state index >= 15 is 0 Å². The maximum absolute atomic E-state index is 12.5. The molecule has 1 aromatic carbocycles. The zero-order valence-corrected chi connectivity index (χ0v) is 10.8. The van der Waals surface area contributed by atoms with E-state index in [9.17, 15) is 8.78 Å². The molecule has 0 spiro atoms. The highest BCUT2D eigenvalue weighted by Crippen LogP contribution is 2.19. The maximum atomic E-state index is 12.5. The molecule has 0 saturated carbocycles. The second-order valence-electron chi connectivity index (χ2n) is 4.42. The third kappa shape index (κ3) is 3.86. The Bertz CT molecular complexity index is 523. The van der Waals surface area contributed by atoms with Crippen molar-refractivity contribution in [3.05, 3.63) is 53.3 Å². The number of aromatic nitrogens is 2. The average Bonchev–Trinajstić information content (AvgIpc) is 2.81. The number of hydrogen-bond donors (Lipinski definition) is 1. The van der Waals surface area contributed by atoms with Gasteiger partial charge in [-0.1, -0.05) is 18.2 Å². The number of halogens is 2. The predicted octanol–water partition coefficient (Wildman–Crippen LogP) is 2.69. The quantitative estimate of drug-likeness (QED) is 0.814. The summed E-state index contributed by atoms with van der Waals surface area (Å²) >= 11 is 0. The number of aryl methyl sites for hydroxylation is 1. The number of nitrogens with zero attached hydrogens (tertiary/aromatic N) is 2. The van der Waals surface area contributed by atoms with Gasteiger partial charge in [-0.25, -0.2) is 8.78 Å². The summed E-state index contributed by atoms with van der Waals surface area (Å²) in [5.41, 5.74) is 2.10. The van der Waals surface area contributed by atoms with Crippen LogP contribution in [-0.2, 0) is 20.0 Å². The molecule has 1 N–H and O–H groups in total. The van der Waals surface area contributed by atoms with Crippen molar-refractivity contribution in [2.75, 3.05) is 6.54 Å². The molecule has 3 nitrogen and oxygen atoms in total. The second kappa shape index (κ2) is 6.43. The first kappa shape index (κ1) is 13.7. The Balaban J connectivity index is 1.79. The highest BCUT2D eigenvalue weighted by molar-refractivity contribution is 5.24. The largest absolute Gasteiger partial charge is 0.312 e. The molecule has 2 aromatic rings. The fourth-order valence-corrected chi connectivity index (χ4v) is 1.93. The molecule has 0 fully saturated rings. The summed E-state index contributed by atoms with van der Waals surface area (Å²) in [6, 6.07) is 8.48. The first-order chi connectivity index (χ1) is 9.16. The lowest BCUT2D eigenvalue weighted by Crippen LogP contribution is -2.18. The highest BCUT2D eigenvalue weighted by atomic mass is 19.3. The van der Waals surface area contributed by atoms with Gasteiger partial charge >= 0.3 is 0 Å². The van der Waals surface area contributed by atoms with E-state index in [1.807, 2.05) is 23.9 Å². The summed E-state index contributed by atoms with van der Waals surface area (Å²) in [5.74, 6) is 0. The summed E-state index contributed by atoms with van der Waals surface area (Å²) in [5, 5.41) is 7.34. The van der Waals surface area contributed by atoms with Gasteiger partial charge in [0.1, 0.15) is 0 Å². The summed E-state index contributed by atoms with van der Waals surface area (Å²) in [6.45, 7) is 1.39. The molecule has 0 aliphatic heterocycles. The minimum Gasteiger partial charge on any atom is -0.312 e. The van der Waals surface area contributed by atoms with Crippen molar-refractivity contribution in [2.24, 2.45) is 7.05 Å². The standard InChI is InChI=1S/C14H17F2N3/c1-19-13(6-8-18-19)5-7-17-10-11-3-2-4-12(9-11)14(15)16/h2-4,6,8-9,14,17H,5,7,10H2,1H3. The zero-order valence-electron chi connectivity index (χ0n) is 10.8. The summed E-state index contributed by atoms with van der Waals surface area (Å²) in [6.07, 6.45) is 0.223. The molecule has 2 rings (SSSR count). The van der Waals surface area contributed by atoms with E-state index in [2.05, 4.69) is 10.4 Å². The van der Waals surface area contributed by atoms with Gasteiger partial charge in [-0.15, -0.1) is 0 Å². The van der Waals surface area contributed by atoms with Crippen LogP contribution in [0.4, 0.5) is 8.78 Å². The molecule has 0 unspecified atom stereocenters. The fourth-order valence-electron chi connectivity index (χ4n) is 1.93. The highest BCUT2D eigenvalue weighted by Gasteiger charge is 2.06. The molecule has 5 heteroatoms. The van der Waals surface area contributed by atoms with Crippen molar-refractivity contribution in [2.45, 2.75) is 19.4 Å². The van der Waals surface area contributed by atoms with Gasteiger partial charge < -0.3 is 5.32 Å². The maximum Gasteiger partial charge on any atom is 0.263 e. The first-order valence-corrected chi connectivity index (χ1v) is 6.21. The summed E-state index contributed by atoms with van der Waals surface area (Å²) in [7, 11) is 1.90. The molecule has 0 aliphatic rings. The third-order valence-corrected chi connectivity index (χ3v) is 3.01. The van der Waals surface area contributed by atoms with E-state index in [0.29, 0.717) is 6.54 Å². The van der Waals surface area contributed by atoms with E-state index in [4.69, 9.17) is 0 Å². The van der Waals surface area contributed by atoms with Crippen LogP contribution in [0.3, 0.4) is 0 Å². The van der Waals surface area contributed by atoms with E-state index in [1.54, 1.807) is 18.3 Å². The van der Waals surface area contributed by atoms with Crippen LogP contribution in [0.5, 0.6) is 0 Å². The molecule has 0 bridgehead atoms. The van der Waals surface area contributed by atoms with Gasteiger partial charge in [0.25, 0.3) is 6.43 Å². The van der Waals surface area contributed by atoms with Crippen LogP contribution < -0.4 is 5.32 Å². The monoisotopic (exact) mass is 265 g/mol. The Morgan fingerprint density at radius 3 is 2.84 bits per heavy atom. The molecule has 1 heterocycles. The van der Waals surface area contributed by atoms with Crippen LogP contribution in [0.25, 0.3) is 0 Å². The average molecular weight is 265 g/mol. The van der Waals surface area contributed by atoms with E-state index in [0.717, 1.165) is 24.2 Å². The summed E-state index contributed by atoms with van der Waals surface area (Å²) in [4.78, 5) is 0. The van der Waals surface area contributed by atoms with Gasteiger partial charge in [0.2, 0.25) is 0 Å². The second-order valence-corrected chi connectivity index (χ2v) is 4.42. The number of alkyl halides is 2. The number of benzene rings is 1. The number of hydrogen-bond acceptors (Lipinski definition) is 2. The Morgan fingerprint density at radius 2 is 2.16 bits per heavy atom. The molecular weight excluding hydrogens is 248 g/mol. The molecular formula is C14H17F2N3. The molecule has 1 aromatic heterocycles. The van der Waals surface area contributed by atoms with Gasteiger partial charge in [0.15, 0.2) is 0 Å². The lowest BCUT2D eigenvalue weighted by atomic mass is 10.1. The van der Waals surface area contributed by atoms with E-state index < -0.39 is 6.43 Å². The number of rotatable bonds is 6. The topological polar surface area (TPSA) is 29.9 Å². The van der Waals surface area contributed by atoms with Crippen molar-refractivity contribution >= 4 is 0 Å². The fraction of sp³-hybridized carbons (Fsp3) is 0.357. The van der Waals surface area contributed by atoms with Crippen molar-refractivity contribution in [1.29, 1.82) is 0 Å². The molecule has 19 heavy (non-hydrogen) atoms. The van der Waals surface area contributed by atoms with Gasteiger partial charge in [0.05, 0.1) is 0 Å². The van der Waals surface area contributed by atoms with Crippen molar-refractivity contribution < 1.29 is 8.78 Å². The van der Waals surface area contributed by atoms with Gasteiger partial charge in [-0.05, 0) is 17.7 Å². The van der Waals surface area contributed by atoms with E-state index in [1.165, 1.54) is 6.07 Å². The minimum absolute atomic E-state index is 0.0749. The molecule has 0 atom stereocenters. The molecule has 0 saturated heterocycles. The van der Waals surface area contributed by atoms with Gasteiger partial charge in [-0.2, -0.15) is 5.10 Å². The van der Waals surface area contributed by atoms with Crippen molar-refractivity contribution in [1.82, 2.24) is 15.1 Å². The van der Waals surface area contributed by atoms with Gasteiger partial charge in [-0.3, -0.25) is 4.68 Å². The van der Waals surface area contributed by atoms with Crippen LogP contribution in [0, 0.1) is 0 Å². The minimum atomic E-state index is -2.41. The molecule has 102 valence electrons. The van der Waals surface area contributed by atoms with Crippen molar-refractivity contribution in [3.8, 4) is 0 Å². The Hall–Kier alpha value is -1.75. The zero-order chi connectivity index (χ0) is 13.7. The van der Waals surface area contributed by atoms with Crippen LogP contribution in [0.15, 0.2) is 36.5 Å². The normalized spacial score (nSPS) is 11.2. The lowest BCUT2D eigenvalue weighted by Gasteiger charge is -2.07. The molecule has 0 radical (unpaired) electrons. The van der Waals surface area contributed by atoms with Gasteiger partial charge in [0, 0.05) is 44.0 Å². The predicted molar refractivity (Wildman–Crippen MR) is 70.0 cm³/mol. The first-order valence-electron chi connectivity index (χ1n) is 6.21. The smallest absolute Gasteiger partial charge is 0.263 e. The Morgan fingerprint density at radius 1 is 1.32 bits per heavy atom. The molecule has 0 aliphatic carbocycles. The van der Waals surface area contributed by atoms with Crippen LogP contribution in [-0.4, -0.2) is 16.3 Å². The van der Waals surface area contributed by atoms with Crippen molar-refractivity contribution in [3.63, 3.8) is 0 Å². The Labute approximate surface area is 111 Å². The lowest BCUT2D eigenvalue weighted by molar-refractivity contribution is 0.151. The van der Waals surface area contributed by atoms with Crippen LogP contribution in [0.2, 0.25) is 0 Å². The Kier molecular flexibility index (Phi) is 4.63. The summed E-state index contributed by atoms with van der Waals surface area (Å²) < 4.78 is 26.9.